The number of fused-ring (bicyclic) bond motifs is 1. The number of ether oxygens (including phenoxy) is 1. The first-order valence-electron chi connectivity index (χ1n) is 6.01. The molecule has 100 valence electrons. The molecule has 5 heteroatoms. The van der Waals surface area contributed by atoms with Crippen molar-refractivity contribution < 1.29 is 13.5 Å². The van der Waals surface area contributed by atoms with Crippen LogP contribution in [0.15, 0.2) is 24.3 Å². The van der Waals surface area contributed by atoms with Gasteiger partial charge in [0.2, 0.25) is 0 Å². The average Bonchev–Trinajstić information content (AvgIpc) is 2.36. The number of alkyl halides is 2. The summed E-state index contributed by atoms with van der Waals surface area (Å²) in [5.41, 5.74) is 1.03. The van der Waals surface area contributed by atoms with Crippen LogP contribution < -0.4 is 10.1 Å². The van der Waals surface area contributed by atoms with Gasteiger partial charge in [0.25, 0.3) is 6.43 Å². The van der Waals surface area contributed by atoms with Crippen molar-refractivity contribution in [1.29, 1.82) is 0 Å². The lowest BCUT2D eigenvalue weighted by molar-refractivity contribution is 0.0457. The van der Waals surface area contributed by atoms with Crippen LogP contribution in [0.5, 0.6) is 5.75 Å². The number of benzene rings is 1. The second-order valence-corrected chi connectivity index (χ2v) is 4.51. The maximum absolute atomic E-state index is 12.5. The molecule has 2 unspecified atom stereocenters. The molecular weight excluding hydrogens is 238 g/mol. The Balaban J connectivity index is 2.20. The van der Waals surface area contributed by atoms with Crippen molar-refractivity contribution in [2.75, 3.05) is 27.2 Å². The summed E-state index contributed by atoms with van der Waals surface area (Å²) in [5.74, 6) is 0.832. The van der Waals surface area contributed by atoms with E-state index in [-0.39, 0.29) is 18.6 Å². The SMILES string of the molecule is CNC1c2ccccc2OCC1N(C)CC(F)F. The van der Waals surface area contributed by atoms with Crippen molar-refractivity contribution in [2.45, 2.75) is 18.5 Å². The molecule has 1 aromatic carbocycles. The first kappa shape index (κ1) is 13.2. The highest BCUT2D eigenvalue weighted by molar-refractivity contribution is 5.38. The molecule has 1 N–H and O–H groups in total. The smallest absolute Gasteiger partial charge is 0.251 e. The molecule has 1 aliphatic heterocycles. The van der Waals surface area contributed by atoms with Crippen molar-refractivity contribution in [2.24, 2.45) is 0 Å². The Bertz CT molecular complexity index is 400. The van der Waals surface area contributed by atoms with E-state index >= 15 is 0 Å². The number of halogens is 2. The molecule has 0 saturated carbocycles. The molecule has 0 radical (unpaired) electrons. The van der Waals surface area contributed by atoms with E-state index in [1.165, 1.54) is 0 Å². The molecule has 1 heterocycles. The third-order valence-electron chi connectivity index (χ3n) is 3.35. The van der Waals surface area contributed by atoms with E-state index in [2.05, 4.69) is 5.32 Å². The van der Waals surface area contributed by atoms with Crippen LogP contribution in [0.25, 0.3) is 0 Å². The number of likely N-dealkylation sites (N-methyl/N-ethyl adjacent to an activating group) is 2. The van der Waals surface area contributed by atoms with Crippen molar-refractivity contribution in [3.05, 3.63) is 29.8 Å². The Hall–Kier alpha value is -1.20. The zero-order valence-electron chi connectivity index (χ0n) is 10.6. The average molecular weight is 256 g/mol. The van der Waals surface area contributed by atoms with Gasteiger partial charge >= 0.3 is 0 Å². The molecule has 0 bridgehead atoms. The molecule has 0 aliphatic carbocycles. The lowest BCUT2D eigenvalue weighted by Crippen LogP contribution is -2.49. The molecule has 0 spiro atoms. The van der Waals surface area contributed by atoms with E-state index in [0.717, 1.165) is 11.3 Å². The molecule has 0 amide bonds. The van der Waals surface area contributed by atoms with Crippen molar-refractivity contribution in [3.8, 4) is 5.75 Å². The molecule has 18 heavy (non-hydrogen) atoms. The van der Waals surface area contributed by atoms with Crippen LogP contribution in [-0.4, -0.2) is 44.6 Å². The number of hydrogen-bond acceptors (Lipinski definition) is 3. The minimum atomic E-state index is -2.33. The maximum atomic E-state index is 12.5. The van der Waals surface area contributed by atoms with Crippen LogP contribution in [-0.2, 0) is 0 Å². The third-order valence-corrected chi connectivity index (χ3v) is 3.35. The summed E-state index contributed by atoms with van der Waals surface area (Å²) in [6, 6.07) is 7.65. The number of hydrogen-bond donors (Lipinski definition) is 1. The van der Waals surface area contributed by atoms with Crippen LogP contribution in [0.2, 0.25) is 0 Å². The van der Waals surface area contributed by atoms with Crippen molar-refractivity contribution >= 4 is 0 Å². The Morgan fingerprint density at radius 3 is 2.83 bits per heavy atom. The minimum Gasteiger partial charge on any atom is -0.492 e. The van der Waals surface area contributed by atoms with Gasteiger partial charge < -0.3 is 10.1 Å². The van der Waals surface area contributed by atoms with Crippen LogP contribution in [0, 0.1) is 0 Å². The number of rotatable bonds is 4. The zero-order chi connectivity index (χ0) is 13.1. The summed E-state index contributed by atoms with van der Waals surface area (Å²) < 4.78 is 30.6. The standard InChI is InChI=1S/C13H18F2N2O/c1-16-13-9-5-3-4-6-11(9)18-8-10(13)17(2)7-12(14)15/h3-6,10,12-13,16H,7-8H2,1-2H3. The first-order valence-corrected chi connectivity index (χ1v) is 6.01. The fourth-order valence-electron chi connectivity index (χ4n) is 2.43. The number of para-hydroxylation sites is 1. The first-order chi connectivity index (χ1) is 8.63. The summed E-state index contributed by atoms with van der Waals surface area (Å²) in [7, 11) is 3.55. The molecule has 2 atom stereocenters. The summed E-state index contributed by atoms with van der Waals surface area (Å²) in [6.07, 6.45) is -2.33. The Morgan fingerprint density at radius 1 is 1.44 bits per heavy atom. The normalized spacial score (nSPS) is 23.0. The van der Waals surface area contributed by atoms with Crippen molar-refractivity contribution in [3.63, 3.8) is 0 Å². The Morgan fingerprint density at radius 2 is 2.17 bits per heavy atom. The molecule has 1 aromatic rings. The van der Waals surface area contributed by atoms with Crippen LogP contribution in [0.3, 0.4) is 0 Å². The van der Waals surface area contributed by atoms with Gasteiger partial charge in [-0.25, -0.2) is 8.78 Å². The van der Waals surface area contributed by atoms with Gasteiger partial charge in [-0.3, -0.25) is 4.90 Å². The van der Waals surface area contributed by atoms with Gasteiger partial charge in [0.05, 0.1) is 18.6 Å². The highest BCUT2D eigenvalue weighted by Gasteiger charge is 2.33. The summed E-state index contributed by atoms with van der Waals surface area (Å²) in [6.45, 7) is 0.181. The topological polar surface area (TPSA) is 24.5 Å². The minimum absolute atomic E-state index is 0.0127. The van der Waals surface area contributed by atoms with Gasteiger partial charge in [-0.15, -0.1) is 0 Å². The second-order valence-electron chi connectivity index (χ2n) is 4.51. The predicted octanol–water partition coefficient (Wildman–Crippen LogP) is 1.91. The van der Waals surface area contributed by atoms with Crippen LogP contribution in [0.1, 0.15) is 11.6 Å². The summed E-state index contributed by atoms with van der Waals surface area (Å²) in [5, 5.41) is 3.20. The number of nitrogens with one attached hydrogen (secondary N) is 1. The number of nitrogens with zero attached hydrogens (tertiary/aromatic N) is 1. The van der Waals surface area contributed by atoms with Gasteiger partial charge in [-0.1, -0.05) is 18.2 Å². The zero-order valence-corrected chi connectivity index (χ0v) is 10.6. The van der Waals surface area contributed by atoms with E-state index in [9.17, 15) is 8.78 Å². The predicted molar refractivity (Wildman–Crippen MR) is 66.2 cm³/mol. The monoisotopic (exact) mass is 256 g/mol. The van der Waals surface area contributed by atoms with Gasteiger partial charge in [0, 0.05) is 5.56 Å². The van der Waals surface area contributed by atoms with Crippen LogP contribution in [0.4, 0.5) is 8.78 Å². The van der Waals surface area contributed by atoms with Gasteiger partial charge in [0.15, 0.2) is 0 Å². The highest BCUT2D eigenvalue weighted by Crippen LogP contribution is 2.33. The lowest BCUT2D eigenvalue weighted by Gasteiger charge is -2.38. The highest BCUT2D eigenvalue weighted by atomic mass is 19.3. The second kappa shape index (κ2) is 5.63. The fourth-order valence-corrected chi connectivity index (χ4v) is 2.43. The Kier molecular flexibility index (Phi) is 4.14. The molecule has 0 fully saturated rings. The fraction of sp³-hybridized carbons (Fsp3) is 0.538. The van der Waals surface area contributed by atoms with E-state index in [4.69, 9.17) is 4.74 Å². The molecule has 0 saturated heterocycles. The maximum Gasteiger partial charge on any atom is 0.251 e. The van der Waals surface area contributed by atoms with Gasteiger partial charge in [-0.05, 0) is 20.2 Å². The van der Waals surface area contributed by atoms with Crippen molar-refractivity contribution in [1.82, 2.24) is 10.2 Å². The van der Waals surface area contributed by atoms with E-state index in [1.54, 1.807) is 11.9 Å². The summed E-state index contributed by atoms with van der Waals surface area (Å²) >= 11 is 0. The van der Waals surface area contributed by atoms with Gasteiger partial charge in [-0.2, -0.15) is 0 Å². The Labute approximate surface area is 106 Å². The molecule has 2 rings (SSSR count). The van der Waals surface area contributed by atoms with Crippen LogP contribution >= 0.6 is 0 Å². The van der Waals surface area contributed by atoms with E-state index in [0.29, 0.717) is 6.61 Å². The largest absolute Gasteiger partial charge is 0.492 e. The molecule has 1 aliphatic rings. The lowest BCUT2D eigenvalue weighted by atomic mass is 9.95. The molecule has 0 aromatic heterocycles. The van der Waals surface area contributed by atoms with E-state index < -0.39 is 6.43 Å². The van der Waals surface area contributed by atoms with Gasteiger partial charge in [0.1, 0.15) is 12.4 Å². The molecule has 3 nitrogen and oxygen atoms in total. The summed E-state index contributed by atoms with van der Waals surface area (Å²) in [4.78, 5) is 1.65. The quantitative estimate of drug-likeness (QED) is 0.890. The third kappa shape index (κ3) is 2.62. The van der Waals surface area contributed by atoms with E-state index in [1.807, 2.05) is 31.3 Å². The molecular formula is C13H18F2N2O.